The minimum absolute atomic E-state index is 0.194. The first-order chi connectivity index (χ1) is 13.4. The molecule has 3 nitrogen and oxygen atoms in total. The van der Waals surface area contributed by atoms with Gasteiger partial charge < -0.3 is 4.42 Å². The first-order valence-corrected chi connectivity index (χ1v) is 11.7. The average Bonchev–Trinajstić information content (AvgIpc) is 3.17. The molecule has 0 unspecified atom stereocenters. The Balaban J connectivity index is 0.000000878. The van der Waals surface area contributed by atoms with E-state index in [9.17, 15) is 0 Å². The molecule has 0 saturated heterocycles. The van der Waals surface area contributed by atoms with Gasteiger partial charge in [-0.2, -0.15) is 0 Å². The summed E-state index contributed by atoms with van der Waals surface area (Å²) in [7, 11) is 9.53. The van der Waals surface area contributed by atoms with E-state index in [0.717, 1.165) is 34.3 Å². The van der Waals surface area contributed by atoms with Gasteiger partial charge >= 0.3 is 33.3 Å². The first-order valence-electron chi connectivity index (χ1n) is 8.62. The molecule has 148 valence electrons. The fourth-order valence-electron chi connectivity index (χ4n) is 2.46. The number of halogens is 2. The number of hydrogen-bond donors (Lipinski definition) is 0. The molecular weight excluding hydrogens is 435 g/mol. The number of aryl methyl sites for hydroxylation is 2. The van der Waals surface area contributed by atoms with Crippen LogP contribution in [-0.4, -0.2) is 11.4 Å². The predicted molar refractivity (Wildman–Crippen MR) is 117 cm³/mol. The monoisotopic (exact) mass is 456 g/mol. The summed E-state index contributed by atoms with van der Waals surface area (Å²) in [5.74, 6) is 1.52. The van der Waals surface area contributed by atoms with Gasteiger partial charge in [-0.15, -0.1) is 0 Å². The quantitative estimate of drug-likeness (QED) is 0.295. The van der Waals surface area contributed by atoms with Crippen molar-refractivity contribution in [3.05, 3.63) is 83.3 Å². The Hall–Kier alpha value is -1.84. The second-order valence-corrected chi connectivity index (χ2v) is 8.10. The standard InChI is InChI=1S/C22H22N2O.2ClH.Fe/c1-15-5-9-19(10-6-15)23-17(3)21-13-14-22(25-21)18(4)24-20-11-7-16(2)8-12-20;;;/h5-14H,1-4H3;2*1H;/q;;;+2/p-2. The van der Waals surface area contributed by atoms with Gasteiger partial charge in [0.25, 0.3) is 0 Å². The predicted octanol–water partition coefficient (Wildman–Crippen LogP) is 7.55. The number of nitrogens with zero attached hydrogens (tertiary/aromatic N) is 2. The van der Waals surface area contributed by atoms with E-state index in [-0.39, 0.29) is 13.1 Å². The molecule has 0 spiro atoms. The molecule has 6 heteroatoms. The van der Waals surface area contributed by atoms with Crippen LogP contribution in [0.1, 0.15) is 36.5 Å². The molecule has 0 amide bonds. The fraction of sp³-hybridized carbons (Fsp3) is 0.182. The van der Waals surface area contributed by atoms with E-state index in [4.69, 9.17) is 24.6 Å². The van der Waals surface area contributed by atoms with Gasteiger partial charge in [0.2, 0.25) is 0 Å². The van der Waals surface area contributed by atoms with Crippen molar-refractivity contribution >= 4 is 43.0 Å². The topological polar surface area (TPSA) is 37.9 Å². The second kappa shape index (κ2) is 11.2. The summed E-state index contributed by atoms with van der Waals surface area (Å²) >= 11 is 0.194. The van der Waals surface area contributed by atoms with Gasteiger partial charge in [-0.1, -0.05) is 35.4 Å². The van der Waals surface area contributed by atoms with Gasteiger partial charge in [0.15, 0.2) is 0 Å². The van der Waals surface area contributed by atoms with Crippen LogP contribution in [0, 0.1) is 13.8 Å². The van der Waals surface area contributed by atoms with E-state index >= 15 is 0 Å². The maximum atomic E-state index is 5.94. The molecule has 0 saturated carbocycles. The van der Waals surface area contributed by atoms with Crippen molar-refractivity contribution in [2.24, 2.45) is 9.98 Å². The molecule has 1 aromatic heterocycles. The molecule has 0 atom stereocenters. The molecule has 3 rings (SSSR count). The Kier molecular flexibility index (Phi) is 9.00. The van der Waals surface area contributed by atoms with Crippen molar-refractivity contribution in [2.45, 2.75) is 27.7 Å². The normalized spacial score (nSPS) is 11.9. The van der Waals surface area contributed by atoms with Crippen LogP contribution < -0.4 is 0 Å². The van der Waals surface area contributed by atoms with Crippen LogP contribution >= 0.6 is 20.2 Å². The van der Waals surface area contributed by atoms with Gasteiger partial charge in [0, 0.05) is 0 Å². The SMILES string of the molecule is CC(=Nc1ccc(C)cc1)c1ccc(C(C)=Nc2ccc(C)cc2)o1.[Cl][Fe][Cl]. The molecule has 1 heterocycles. The summed E-state index contributed by atoms with van der Waals surface area (Å²) in [6, 6.07) is 20.1. The van der Waals surface area contributed by atoms with E-state index in [1.54, 1.807) is 0 Å². The van der Waals surface area contributed by atoms with E-state index in [0.29, 0.717) is 0 Å². The molecule has 28 heavy (non-hydrogen) atoms. The van der Waals surface area contributed by atoms with Gasteiger partial charge in [-0.05, 0) is 64.1 Å². The Morgan fingerprint density at radius 3 is 1.32 bits per heavy atom. The average molecular weight is 457 g/mol. The van der Waals surface area contributed by atoms with Crippen molar-refractivity contribution in [3.8, 4) is 0 Å². The summed E-state index contributed by atoms with van der Waals surface area (Å²) in [4.78, 5) is 9.24. The summed E-state index contributed by atoms with van der Waals surface area (Å²) in [5.41, 5.74) is 5.98. The summed E-state index contributed by atoms with van der Waals surface area (Å²) in [6.07, 6.45) is 0. The first kappa shape index (κ1) is 22.4. The molecule has 3 aromatic rings. The third-order valence-electron chi connectivity index (χ3n) is 3.98. The van der Waals surface area contributed by atoms with Crippen LogP contribution in [-0.2, 0) is 13.1 Å². The van der Waals surface area contributed by atoms with Gasteiger partial charge in [-0.3, -0.25) is 0 Å². The van der Waals surface area contributed by atoms with Gasteiger partial charge in [0.05, 0.1) is 22.8 Å². The summed E-state index contributed by atoms with van der Waals surface area (Å²) in [5, 5.41) is 0. The van der Waals surface area contributed by atoms with Crippen LogP contribution in [0.2, 0.25) is 0 Å². The Morgan fingerprint density at radius 1 is 0.679 bits per heavy atom. The maximum absolute atomic E-state index is 5.94. The number of furan rings is 1. The minimum atomic E-state index is 0.194. The summed E-state index contributed by atoms with van der Waals surface area (Å²) < 4.78 is 5.94. The van der Waals surface area contributed by atoms with Crippen LogP contribution in [0.4, 0.5) is 11.4 Å². The molecule has 0 radical (unpaired) electrons. The molecule has 0 aliphatic carbocycles. The van der Waals surface area contributed by atoms with Crippen molar-refractivity contribution < 1.29 is 17.6 Å². The third-order valence-corrected chi connectivity index (χ3v) is 3.98. The van der Waals surface area contributed by atoms with Gasteiger partial charge in [0.1, 0.15) is 11.5 Å². The molecule has 0 fully saturated rings. The van der Waals surface area contributed by atoms with Crippen LogP contribution in [0.15, 0.2) is 75.1 Å². The number of rotatable bonds is 4. The van der Waals surface area contributed by atoms with E-state index in [2.05, 4.69) is 48.1 Å². The summed E-state index contributed by atoms with van der Waals surface area (Å²) in [6.45, 7) is 8.04. The molecule has 2 aromatic carbocycles. The number of aliphatic imine (C=N–C) groups is 2. The van der Waals surface area contributed by atoms with Crippen molar-refractivity contribution in [3.63, 3.8) is 0 Å². The van der Waals surface area contributed by atoms with Crippen LogP contribution in [0.5, 0.6) is 0 Å². The molecule has 0 N–H and O–H groups in total. The molecular formula is C22H22Cl2FeN2O. The van der Waals surface area contributed by atoms with Crippen molar-refractivity contribution in [1.29, 1.82) is 0 Å². The fourth-order valence-corrected chi connectivity index (χ4v) is 2.46. The Morgan fingerprint density at radius 2 is 1.00 bits per heavy atom. The van der Waals surface area contributed by atoms with E-state index < -0.39 is 0 Å². The van der Waals surface area contributed by atoms with Crippen molar-refractivity contribution in [1.82, 2.24) is 0 Å². The molecule has 0 aliphatic heterocycles. The zero-order valence-electron chi connectivity index (χ0n) is 16.2. The zero-order valence-corrected chi connectivity index (χ0v) is 18.8. The Labute approximate surface area is 181 Å². The van der Waals surface area contributed by atoms with Gasteiger partial charge in [-0.25, -0.2) is 9.98 Å². The molecule has 0 aliphatic rings. The second-order valence-electron chi connectivity index (χ2n) is 6.28. The number of benzene rings is 2. The zero-order chi connectivity index (χ0) is 20.5. The van der Waals surface area contributed by atoms with E-state index in [1.807, 2.05) is 50.2 Å². The number of hydrogen-bond acceptors (Lipinski definition) is 3. The van der Waals surface area contributed by atoms with Crippen LogP contribution in [0.3, 0.4) is 0 Å². The van der Waals surface area contributed by atoms with E-state index in [1.165, 1.54) is 11.1 Å². The third kappa shape index (κ3) is 6.96. The molecule has 0 bridgehead atoms. The van der Waals surface area contributed by atoms with Crippen LogP contribution in [0.25, 0.3) is 0 Å². The van der Waals surface area contributed by atoms with Crippen molar-refractivity contribution in [2.75, 3.05) is 0 Å². The Bertz CT molecular complexity index is 869.